The van der Waals surface area contributed by atoms with E-state index in [2.05, 4.69) is 17.1 Å². The number of benzene rings is 3. The van der Waals surface area contributed by atoms with Gasteiger partial charge in [-0.15, -0.1) is 0 Å². The average molecular weight is 540 g/mol. The summed E-state index contributed by atoms with van der Waals surface area (Å²) in [5.41, 5.74) is 8.38. The minimum Gasteiger partial charge on any atom is -0.295 e. The van der Waals surface area contributed by atoms with Gasteiger partial charge in [0, 0.05) is 41.1 Å². The lowest BCUT2D eigenvalue weighted by molar-refractivity contribution is 0.0711. The topological polar surface area (TPSA) is 80.5 Å². The summed E-state index contributed by atoms with van der Waals surface area (Å²) in [4.78, 5) is 30.4. The maximum Gasteiger partial charge on any atom is 0.274 e. The second-order valence-corrected chi connectivity index (χ2v) is 10.4. The van der Waals surface area contributed by atoms with Crippen LogP contribution in [0.3, 0.4) is 0 Å². The fourth-order valence-electron chi connectivity index (χ4n) is 5.05. The van der Waals surface area contributed by atoms with E-state index in [1.807, 2.05) is 68.6 Å². The maximum atomic E-state index is 14.1. The highest BCUT2D eigenvalue weighted by Gasteiger charge is 2.36. The summed E-state index contributed by atoms with van der Waals surface area (Å²) in [6, 6.07) is 26.6. The molecule has 1 amide bonds. The molecular weight excluding hydrogens is 510 g/mol. The van der Waals surface area contributed by atoms with E-state index in [0.29, 0.717) is 17.5 Å². The Morgan fingerprint density at radius 1 is 0.829 bits per heavy atom. The van der Waals surface area contributed by atoms with Crippen LogP contribution in [0.1, 0.15) is 62.4 Å². The van der Waals surface area contributed by atoms with Gasteiger partial charge in [-0.1, -0.05) is 71.8 Å². The van der Waals surface area contributed by atoms with Gasteiger partial charge >= 0.3 is 0 Å². The minimum absolute atomic E-state index is 0.0964. The van der Waals surface area contributed by atoms with Crippen LogP contribution >= 0.6 is 0 Å². The van der Waals surface area contributed by atoms with E-state index in [0.717, 1.165) is 44.9 Å². The normalized spacial score (nSPS) is 14.7. The third-order valence-electron chi connectivity index (χ3n) is 7.36. The number of hydrogen-bond acceptors (Lipinski definition) is 5. The summed E-state index contributed by atoms with van der Waals surface area (Å²) in [5, 5.41) is 11.4. The summed E-state index contributed by atoms with van der Waals surface area (Å²) in [6.07, 6.45) is 5.97. The van der Waals surface area contributed by atoms with Crippen LogP contribution in [0.5, 0.6) is 0 Å². The molecule has 7 nitrogen and oxygen atoms in total. The number of rotatable bonds is 6. The van der Waals surface area contributed by atoms with Gasteiger partial charge in [-0.25, -0.2) is 9.69 Å². The molecule has 1 aliphatic heterocycles. The summed E-state index contributed by atoms with van der Waals surface area (Å²) in [6.45, 7) is 5.59. The van der Waals surface area contributed by atoms with Crippen molar-refractivity contribution in [2.45, 2.75) is 33.2 Å². The number of pyridine rings is 1. The van der Waals surface area contributed by atoms with Crippen molar-refractivity contribution in [1.82, 2.24) is 19.8 Å². The number of aromatic nitrogens is 3. The third kappa shape index (κ3) is 5.22. The van der Waals surface area contributed by atoms with Gasteiger partial charge in [0.2, 0.25) is 0 Å². The van der Waals surface area contributed by atoms with Gasteiger partial charge in [-0.3, -0.25) is 14.6 Å². The van der Waals surface area contributed by atoms with E-state index in [9.17, 15) is 9.59 Å². The molecule has 5 aromatic rings. The molecule has 0 spiro atoms. The fourth-order valence-corrected chi connectivity index (χ4v) is 5.05. The Morgan fingerprint density at radius 3 is 2.17 bits per heavy atom. The fraction of sp³-hybridized carbons (Fsp3) is 0.147. The Hall–Kier alpha value is -5.17. The molecule has 1 aliphatic rings. The zero-order chi connectivity index (χ0) is 28.5. The second kappa shape index (κ2) is 10.8. The highest BCUT2D eigenvalue weighted by atomic mass is 16.2. The molecule has 0 aliphatic carbocycles. The lowest BCUT2D eigenvalue weighted by atomic mass is 9.95. The summed E-state index contributed by atoms with van der Waals surface area (Å²) >= 11 is 0. The minimum atomic E-state index is -0.415. The SMILES string of the molecule is CC(=O)c1cccc(C(=O)N2N=C(c3ccc(C)cc3)CC2c2cn(-c3cccnc3)nc2-c2ccc(C)cc2)c1. The quantitative estimate of drug-likeness (QED) is 0.224. The van der Waals surface area contributed by atoms with Crippen LogP contribution in [0.2, 0.25) is 0 Å². The number of carbonyl (C=O) groups is 2. The van der Waals surface area contributed by atoms with Crippen LogP contribution in [-0.2, 0) is 0 Å². The van der Waals surface area contributed by atoms with Gasteiger partial charge in [0.15, 0.2) is 5.78 Å². The predicted octanol–water partition coefficient (Wildman–Crippen LogP) is 6.75. The van der Waals surface area contributed by atoms with Gasteiger partial charge < -0.3 is 0 Å². The van der Waals surface area contributed by atoms with Crippen LogP contribution in [0.4, 0.5) is 0 Å². The molecule has 202 valence electrons. The number of amides is 1. The van der Waals surface area contributed by atoms with Crippen LogP contribution in [-0.4, -0.2) is 37.2 Å². The summed E-state index contributed by atoms with van der Waals surface area (Å²) < 4.78 is 1.81. The molecule has 3 aromatic carbocycles. The Labute approximate surface area is 238 Å². The summed E-state index contributed by atoms with van der Waals surface area (Å²) in [7, 11) is 0. The Balaban J connectivity index is 1.49. The molecule has 1 atom stereocenters. The molecule has 0 saturated heterocycles. The zero-order valence-electron chi connectivity index (χ0n) is 23.2. The molecule has 0 bridgehead atoms. The van der Waals surface area contributed by atoms with Gasteiger partial charge in [-0.05, 0) is 50.6 Å². The number of hydrazone groups is 1. The first-order chi connectivity index (χ1) is 19.9. The van der Waals surface area contributed by atoms with Crippen molar-refractivity contribution >= 4 is 17.4 Å². The second-order valence-electron chi connectivity index (χ2n) is 10.4. The molecular formula is C34H29N5O2. The molecule has 7 heteroatoms. The standard InChI is InChI=1S/C34H29N5O2/c1-22-9-13-25(14-10-22)31-19-32(39(36-31)34(41)28-7-4-6-27(18-28)24(3)40)30-21-38(29-8-5-17-35-20-29)37-33(30)26-15-11-23(2)12-16-26/h4-18,20-21,32H,19H2,1-3H3. The molecule has 2 aromatic heterocycles. The first-order valence-corrected chi connectivity index (χ1v) is 13.5. The highest BCUT2D eigenvalue weighted by molar-refractivity contribution is 6.06. The predicted molar refractivity (Wildman–Crippen MR) is 159 cm³/mol. The molecule has 0 saturated carbocycles. The van der Waals surface area contributed by atoms with Crippen molar-refractivity contribution < 1.29 is 9.59 Å². The smallest absolute Gasteiger partial charge is 0.274 e. The molecule has 1 unspecified atom stereocenters. The maximum absolute atomic E-state index is 14.1. The molecule has 0 fully saturated rings. The average Bonchev–Trinajstić information content (AvgIpc) is 3.63. The van der Waals surface area contributed by atoms with Crippen molar-refractivity contribution in [2.24, 2.45) is 5.10 Å². The van der Waals surface area contributed by atoms with Crippen LogP contribution < -0.4 is 0 Å². The van der Waals surface area contributed by atoms with Crippen LogP contribution in [0, 0.1) is 13.8 Å². The van der Waals surface area contributed by atoms with E-state index in [1.54, 1.807) is 46.3 Å². The molecule has 0 N–H and O–H groups in total. The first kappa shape index (κ1) is 26.1. The lowest BCUT2D eigenvalue weighted by Crippen LogP contribution is -2.27. The number of nitrogens with zero attached hydrogens (tertiary/aromatic N) is 5. The van der Waals surface area contributed by atoms with Crippen molar-refractivity contribution in [3.05, 3.63) is 137 Å². The summed E-state index contributed by atoms with van der Waals surface area (Å²) in [5.74, 6) is -0.370. The van der Waals surface area contributed by atoms with Crippen molar-refractivity contribution in [2.75, 3.05) is 0 Å². The zero-order valence-corrected chi connectivity index (χ0v) is 23.2. The molecule has 0 radical (unpaired) electrons. The number of aryl methyl sites for hydroxylation is 2. The monoisotopic (exact) mass is 539 g/mol. The number of Topliss-reactive ketones (excluding diaryl/α,β-unsaturated/α-hetero) is 1. The highest BCUT2D eigenvalue weighted by Crippen LogP contribution is 2.39. The van der Waals surface area contributed by atoms with Crippen molar-refractivity contribution in [3.63, 3.8) is 0 Å². The van der Waals surface area contributed by atoms with Gasteiger partial charge in [0.1, 0.15) is 0 Å². The van der Waals surface area contributed by atoms with E-state index in [1.165, 1.54) is 6.92 Å². The Kier molecular flexibility index (Phi) is 6.85. The van der Waals surface area contributed by atoms with Gasteiger partial charge in [0.25, 0.3) is 5.91 Å². The van der Waals surface area contributed by atoms with E-state index >= 15 is 0 Å². The van der Waals surface area contributed by atoms with Gasteiger partial charge in [-0.2, -0.15) is 10.2 Å². The van der Waals surface area contributed by atoms with E-state index in [-0.39, 0.29) is 11.7 Å². The largest absolute Gasteiger partial charge is 0.295 e. The third-order valence-corrected chi connectivity index (χ3v) is 7.36. The Bertz CT molecular complexity index is 1770. The van der Waals surface area contributed by atoms with E-state index in [4.69, 9.17) is 10.2 Å². The number of carbonyl (C=O) groups excluding carboxylic acids is 2. The van der Waals surface area contributed by atoms with E-state index < -0.39 is 6.04 Å². The van der Waals surface area contributed by atoms with Crippen LogP contribution in [0.25, 0.3) is 16.9 Å². The first-order valence-electron chi connectivity index (χ1n) is 13.5. The Morgan fingerprint density at radius 2 is 1.51 bits per heavy atom. The van der Waals surface area contributed by atoms with Crippen molar-refractivity contribution in [3.8, 4) is 16.9 Å². The number of hydrogen-bond donors (Lipinski definition) is 0. The molecule has 6 rings (SSSR count). The number of ketones is 1. The van der Waals surface area contributed by atoms with Crippen LogP contribution in [0.15, 0.2) is 109 Å². The molecule has 41 heavy (non-hydrogen) atoms. The van der Waals surface area contributed by atoms with Crippen molar-refractivity contribution in [1.29, 1.82) is 0 Å². The lowest BCUT2D eigenvalue weighted by Gasteiger charge is -2.22. The van der Waals surface area contributed by atoms with Gasteiger partial charge in [0.05, 0.1) is 29.3 Å². The molecule has 3 heterocycles.